The van der Waals surface area contributed by atoms with E-state index in [-0.39, 0.29) is 5.41 Å². The molecule has 11 aromatic rings. The van der Waals surface area contributed by atoms with E-state index < -0.39 is 0 Å². The Morgan fingerprint density at radius 1 is 0.404 bits per heavy atom. The number of hydrogen-bond acceptors (Lipinski definition) is 2. The predicted molar refractivity (Wildman–Crippen MR) is 237 cm³/mol. The molecule has 268 valence electrons. The lowest BCUT2D eigenvalue weighted by Crippen LogP contribution is -2.18. The highest BCUT2D eigenvalue weighted by atomic mass is 15.1. The molecule has 0 unspecified atom stereocenters. The second-order valence-corrected chi connectivity index (χ2v) is 15.8. The molecule has 8 aromatic carbocycles. The Hall–Kier alpha value is -7.30. The van der Waals surface area contributed by atoms with Gasteiger partial charge in [0, 0.05) is 43.8 Å². The average Bonchev–Trinajstić information content (AvgIpc) is 3.84. The number of benzene rings is 8. The largest absolute Gasteiger partial charge is 0.309 e. The lowest BCUT2D eigenvalue weighted by molar-refractivity contribution is 0.635. The first-order valence-electron chi connectivity index (χ1n) is 19.7. The van der Waals surface area contributed by atoms with Gasteiger partial charge in [0.25, 0.3) is 0 Å². The van der Waals surface area contributed by atoms with E-state index in [0.29, 0.717) is 0 Å². The topological polar surface area (TPSA) is 35.6 Å². The normalized spacial score (nSPS) is 13.2. The summed E-state index contributed by atoms with van der Waals surface area (Å²) in [5, 5.41) is 7.20. The monoisotopic (exact) mass is 728 g/mol. The quantitative estimate of drug-likeness (QED) is 0.181. The first-order chi connectivity index (χ1) is 28.0. The van der Waals surface area contributed by atoms with Crippen molar-refractivity contribution in [2.24, 2.45) is 0 Å². The van der Waals surface area contributed by atoms with E-state index in [9.17, 15) is 0 Å². The van der Waals surface area contributed by atoms with Crippen LogP contribution >= 0.6 is 0 Å². The minimum atomic E-state index is -0.375. The van der Waals surface area contributed by atoms with Gasteiger partial charge in [0.2, 0.25) is 0 Å². The molecule has 0 saturated heterocycles. The van der Waals surface area contributed by atoms with Crippen LogP contribution in [-0.4, -0.2) is 19.1 Å². The van der Waals surface area contributed by atoms with E-state index in [1.165, 1.54) is 54.5 Å². The highest BCUT2D eigenvalue weighted by Gasteiger charge is 2.40. The summed E-state index contributed by atoms with van der Waals surface area (Å²) >= 11 is 0. The van der Waals surface area contributed by atoms with Gasteiger partial charge in [-0.05, 0) is 82.1 Å². The summed E-state index contributed by atoms with van der Waals surface area (Å²) in [7, 11) is 0. The van der Waals surface area contributed by atoms with E-state index in [1.54, 1.807) is 0 Å². The minimum Gasteiger partial charge on any atom is -0.309 e. The van der Waals surface area contributed by atoms with Crippen LogP contribution in [0.5, 0.6) is 0 Å². The number of para-hydroxylation sites is 3. The third-order valence-electron chi connectivity index (χ3n) is 12.2. The van der Waals surface area contributed by atoms with Gasteiger partial charge < -0.3 is 4.57 Å². The van der Waals surface area contributed by atoms with Gasteiger partial charge in [0.15, 0.2) is 5.82 Å². The van der Waals surface area contributed by atoms with E-state index in [1.807, 2.05) is 0 Å². The fourth-order valence-corrected chi connectivity index (χ4v) is 9.46. The van der Waals surface area contributed by atoms with Crippen LogP contribution < -0.4 is 0 Å². The number of rotatable bonds is 4. The predicted octanol–water partition coefficient (Wildman–Crippen LogP) is 13.5. The molecular formula is C53H36N4. The Balaban J connectivity index is 1.17. The molecule has 12 rings (SSSR count). The van der Waals surface area contributed by atoms with Gasteiger partial charge in [-0.2, -0.15) is 0 Å². The molecule has 0 spiro atoms. The Kier molecular flexibility index (Phi) is 6.65. The molecule has 0 bridgehead atoms. The maximum atomic E-state index is 5.79. The van der Waals surface area contributed by atoms with Crippen LogP contribution in [-0.2, 0) is 5.41 Å². The van der Waals surface area contributed by atoms with Crippen LogP contribution in [0.1, 0.15) is 25.1 Å². The summed E-state index contributed by atoms with van der Waals surface area (Å²) < 4.78 is 4.73. The Morgan fingerprint density at radius 3 is 1.75 bits per heavy atom. The van der Waals surface area contributed by atoms with Crippen molar-refractivity contribution in [2.75, 3.05) is 0 Å². The third-order valence-corrected chi connectivity index (χ3v) is 12.2. The van der Waals surface area contributed by atoms with Crippen molar-refractivity contribution in [3.8, 4) is 45.1 Å². The molecular weight excluding hydrogens is 693 g/mol. The summed E-state index contributed by atoms with van der Waals surface area (Å²) in [6.45, 7) is 4.60. The molecule has 1 aliphatic rings. The van der Waals surface area contributed by atoms with Crippen molar-refractivity contribution in [2.45, 2.75) is 19.3 Å². The highest BCUT2D eigenvalue weighted by molar-refractivity contribution is 6.14. The minimum absolute atomic E-state index is 0.375. The van der Waals surface area contributed by atoms with E-state index in [2.05, 4.69) is 205 Å². The maximum absolute atomic E-state index is 5.79. The fourth-order valence-electron chi connectivity index (χ4n) is 9.46. The summed E-state index contributed by atoms with van der Waals surface area (Å²) in [6.07, 6.45) is 0. The first-order valence-corrected chi connectivity index (χ1v) is 19.7. The van der Waals surface area contributed by atoms with Crippen molar-refractivity contribution in [3.05, 3.63) is 193 Å². The summed E-state index contributed by atoms with van der Waals surface area (Å²) in [4.78, 5) is 11.6. The lowest BCUT2D eigenvalue weighted by atomic mass is 9.84. The molecule has 0 N–H and O–H groups in total. The van der Waals surface area contributed by atoms with Crippen LogP contribution in [0.4, 0.5) is 0 Å². The summed E-state index contributed by atoms with van der Waals surface area (Å²) in [6, 6.07) is 65.7. The maximum Gasteiger partial charge on any atom is 0.165 e. The average molecular weight is 729 g/mol. The van der Waals surface area contributed by atoms with Crippen LogP contribution in [0, 0.1) is 0 Å². The van der Waals surface area contributed by atoms with Gasteiger partial charge in [-0.15, -0.1) is 0 Å². The first kappa shape index (κ1) is 32.0. The highest BCUT2D eigenvalue weighted by Crippen LogP contribution is 2.50. The molecule has 3 aromatic heterocycles. The molecule has 57 heavy (non-hydrogen) atoms. The zero-order valence-electron chi connectivity index (χ0n) is 31.6. The number of hydrogen-bond donors (Lipinski definition) is 0. The molecule has 0 saturated carbocycles. The van der Waals surface area contributed by atoms with E-state index in [0.717, 1.165) is 56.3 Å². The van der Waals surface area contributed by atoms with Crippen LogP contribution in [0.2, 0.25) is 0 Å². The molecule has 1 aliphatic carbocycles. The van der Waals surface area contributed by atoms with Crippen molar-refractivity contribution < 1.29 is 0 Å². The van der Waals surface area contributed by atoms with Crippen molar-refractivity contribution >= 4 is 54.4 Å². The zero-order chi connectivity index (χ0) is 37.8. The van der Waals surface area contributed by atoms with Gasteiger partial charge in [-0.25, -0.2) is 9.97 Å². The second-order valence-electron chi connectivity index (χ2n) is 15.8. The van der Waals surface area contributed by atoms with Gasteiger partial charge >= 0.3 is 0 Å². The Morgan fingerprint density at radius 2 is 1.00 bits per heavy atom. The Labute approximate surface area is 329 Å². The smallest absolute Gasteiger partial charge is 0.165 e. The van der Waals surface area contributed by atoms with E-state index >= 15 is 0 Å². The Bertz CT molecular complexity index is 3420. The number of aromatic nitrogens is 4. The van der Waals surface area contributed by atoms with Crippen LogP contribution in [0.3, 0.4) is 0 Å². The second kappa shape index (κ2) is 11.8. The van der Waals surface area contributed by atoms with Crippen LogP contribution in [0.15, 0.2) is 182 Å². The molecule has 4 heteroatoms. The molecule has 0 atom stereocenters. The standard InChI is InChI=1S/C53H36N4/c1-53(2)44-31-36(33-15-5-3-6-16-33)25-27-41(44)50-51(53)54-49(37-26-28-47-42(30-37)39-21-11-13-23-45(39)56(47)38-19-7-4-8-20-38)52(55-50)57-46-24-14-12-22-40(46)43-29-34-17-9-10-18-35(34)32-48(43)57/h3-32H,1-2H3. The lowest BCUT2D eigenvalue weighted by Gasteiger charge is -2.22. The van der Waals surface area contributed by atoms with Crippen molar-refractivity contribution in [1.82, 2.24) is 19.1 Å². The zero-order valence-corrected chi connectivity index (χ0v) is 31.6. The molecule has 4 nitrogen and oxygen atoms in total. The third kappa shape index (κ3) is 4.62. The molecule has 3 heterocycles. The summed E-state index contributed by atoms with van der Waals surface area (Å²) in [5.41, 5.74) is 14.0. The van der Waals surface area contributed by atoms with Crippen molar-refractivity contribution in [3.63, 3.8) is 0 Å². The van der Waals surface area contributed by atoms with Crippen LogP contribution in [0.25, 0.3) is 99.5 Å². The van der Waals surface area contributed by atoms with Gasteiger partial charge in [0.1, 0.15) is 5.69 Å². The fraction of sp³-hybridized carbons (Fsp3) is 0.0566. The van der Waals surface area contributed by atoms with Gasteiger partial charge in [-0.3, -0.25) is 4.57 Å². The molecule has 0 amide bonds. The SMILES string of the molecule is CC1(C)c2cc(-c3ccccc3)ccc2-c2nc(-n3c4ccccc4c4cc5ccccc5cc43)c(-c3ccc4c(c3)c3ccccc3n4-c3ccccc3)nc21. The van der Waals surface area contributed by atoms with Crippen molar-refractivity contribution in [1.29, 1.82) is 0 Å². The molecule has 0 fully saturated rings. The molecule has 0 aliphatic heterocycles. The van der Waals surface area contributed by atoms with Gasteiger partial charge in [-0.1, -0.05) is 141 Å². The van der Waals surface area contributed by atoms with E-state index in [4.69, 9.17) is 9.97 Å². The number of fused-ring (bicyclic) bond motifs is 10. The molecule has 0 radical (unpaired) electrons. The van der Waals surface area contributed by atoms with Gasteiger partial charge in [0.05, 0.1) is 33.5 Å². The summed E-state index contributed by atoms with van der Waals surface area (Å²) in [5.74, 6) is 0.831. The number of nitrogens with zero attached hydrogens (tertiary/aromatic N) is 4.